The quantitative estimate of drug-likeness (QED) is 0.480. The first-order valence-electron chi connectivity index (χ1n) is 9.03. The van der Waals surface area contributed by atoms with E-state index in [0.29, 0.717) is 0 Å². The van der Waals surface area contributed by atoms with Crippen LogP contribution in [0.15, 0.2) is 24.5 Å². The van der Waals surface area contributed by atoms with Gasteiger partial charge in [-0.25, -0.2) is 0 Å². The summed E-state index contributed by atoms with van der Waals surface area (Å²) >= 11 is 0. The van der Waals surface area contributed by atoms with Crippen LogP contribution >= 0.6 is 0 Å². The molecule has 2 nitrogen and oxygen atoms in total. The van der Waals surface area contributed by atoms with Gasteiger partial charge in [0.05, 0.1) is 0 Å². The van der Waals surface area contributed by atoms with E-state index >= 15 is 0 Å². The Hall–Kier alpha value is -0.890. The van der Waals surface area contributed by atoms with Gasteiger partial charge in [0.1, 0.15) is 0 Å². The Balaban J connectivity index is 1.75. The molecule has 0 amide bonds. The lowest BCUT2D eigenvalue weighted by atomic mass is 10.1. The molecule has 21 heavy (non-hydrogen) atoms. The molecule has 0 unspecified atom stereocenters. The van der Waals surface area contributed by atoms with E-state index in [1.54, 1.807) is 0 Å². The number of nitrogens with one attached hydrogen (secondary N) is 1. The number of hydrogen-bond donors (Lipinski definition) is 1. The van der Waals surface area contributed by atoms with Gasteiger partial charge in [-0.1, -0.05) is 64.7 Å². The Bertz CT molecular complexity index is 311. The number of nitrogens with zero attached hydrogens (tertiary/aromatic N) is 1. The van der Waals surface area contributed by atoms with Crippen molar-refractivity contribution in [2.75, 3.05) is 13.1 Å². The van der Waals surface area contributed by atoms with Gasteiger partial charge in [-0.3, -0.25) is 4.98 Å². The average molecular weight is 290 g/mol. The van der Waals surface area contributed by atoms with Crippen molar-refractivity contribution in [2.24, 2.45) is 0 Å². The largest absolute Gasteiger partial charge is 0.316 e. The van der Waals surface area contributed by atoms with Crippen LogP contribution in [0.4, 0.5) is 0 Å². The summed E-state index contributed by atoms with van der Waals surface area (Å²) < 4.78 is 0. The molecular weight excluding hydrogens is 256 g/mol. The van der Waals surface area contributed by atoms with Gasteiger partial charge in [-0.05, 0) is 43.6 Å². The van der Waals surface area contributed by atoms with E-state index in [1.807, 2.05) is 12.4 Å². The third-order valence-corrected chi connectivity index (χ3v) is 4.05. The summed E-state index contributed by atoms with van der Waals surface area (Å²) in [6.45, 7) is 4.54. The van der Waals surface area contributed by atoms with Crippen molar-refractivity contribution in [3.05, 3.63) is 30.1 Å². The molecule has 0 atom stereocenters. The number of aromatic nitrogens is 1. The van der Waals surface area contributed by atoms with Crippen LogP contribution in [0, 0.1) is 0 Å². The highest BCUT2D eigenvalue weighted by molar-refractivity contribution is 5.09. The summed E-state index contributed by atoms with van der Waals surface area (Å²) in [5.41, 5.74) is 1.38. The maximum Gasteiger partial charge on any atom is 0.0270 e. The number of pyridine rings is 1. The van der Waals surface area contributed by atoms with E-state index in [1.165, 1.54) is 76.3 Å². The van der Waals surface area contributed by atoms with Crippen LogP contribution in [-0.2, 0) is 6.42 Å². The zero-order valence-electron chi connectivity index (χ0n) is 13.9. The van der Waals surface area contributed by atoms with Crippen LogP contribution in [-0.4, -0.2) is 18.1 Å². The number of unbranched alkanes of at least 4 members (excludes halogenated alkanes) is 9. The Labute approximate surface area is 131 Å². The molecule has 0 radical (unpaired) electrons. The molecule has 1 heterocycles. The summed E-state index contributed by atoms with van der Waals surface area (Å²) in [5.74, 6) is 0. The molecule has 1 N–H and O–H groups in total. The molecule has 2 heteroatoms. The van der Waals surface area contributed by atoms with E-state index in [4.69, 9.17) is 0 Å². The van der Waals surface area contributed by atoms with Gasteiger partial charge in [0.2, 0.25) is 0 Å². The predicted molar refractivity (Wildman–Crippen MR) is 92.7 cm³/mol. The summed E-state index contributed by atoms with van der Waals surface area (Å²) in [4.78, 5) is 4.04. The minimum absolute atomic E-state index is 1.08. The van der Waals surface area contributed by atoms with Crippen molar-refractivity contribution < 1.29 is 0 Å². The van der Waals surface area contributed by atoms with Crippen LogP contribution in [0.25, 0.3) is 0 Å². The smallest absolute Gasteiger partial charge is 0.0270 e. The van der Waals surface area contributed by atoms with E-state index in [0.717, 1.165) is 13.0 Å². The highest BCUT2D eigenvalue weighted by Gasteiger charge is 1.94. The zero-order valence-corrected chi connectivity index (χ0v) is 13.9. The Morgan fingerprint density at radius 3 is 1.95 bits per heavy atom. The van der Waals surface area contributed by atoms with Crippen LogP contribution in [0.1, 0.15) is 76.7 Å². The Kier molecular flexibility index (Phi) is 12.2. The monoisotopic (exact) mass is 290 g/mol. The highest BCUT2D eigenvalue weighted by atomic mass is 14.8. The van der Waals surface area contributed by atoms with Crippen LogP contribution < -0.4 is 5.32 Å². The minimum Gasteiger partial charge on any atom is -0.316 e. The van der Waals surface area contributed by atoms with Gasteiger partial charge >= 0.3 is 0 Å². The van der Waals surface area contributed by atoms with Crippen LogP contribution in [0.2, 0.25) is 0 Å². The third-order valence-electron chi connectivity index (χ3n) is 4.05. The van der Waals surface area contributed by atoms with Gasteiger partial charge in [0.15, 0.2) is 0 Å². The van der Waals surface area contributed by atoms with Gasteiger partial charge in [-0.15, -0.1) is 0 Å². The Morgan fingerprint density at radius 1 is 0.762 bits per heavy atom. The molecule has 0 saturated heterocycles. The van der Waals surface area contributed by atoms with Crippen molar-refractivity contribution in [2.45, 2.75) is 77.6 Å². The number of rotatable bonds is 14. The maximum absolute atomic E-state index is 4.04. The summed E-state index contributed by atoms with van der Waals surface area (Å²) in [5, 5.41) is 3.54. The maximum atomic E-state index is 4.04. The lowest BCUT2D eigenvalue weighted by Gasteiger charge is -2.05. The molecule has 1 aromatic heterocycles. The molecule has 0 fully saturated rings. The standard InChI is InChI=1S/C19H34N2/c1-2-3-4-5-6-7-8-9-10-11-15-20-16-12-19-13-17-21-18-14-19/h13-14,17-18,20H,2-12,15-16H2,1H3. The predicted octanol–water partition coefficient (Wildman–Crippen LogP) is 5.13. The summed E-state index contributed by atoms with van der Waals surface area (Å²) in [7, 11) is 0. The van der Waals surface area contributed by atoms with Gasteiger partial charge < -0.3 is 5.32 Å². The molecule has 120 valence electrons. The summed E-state index contributed by atoms with van der Waals surface area (Å²) in [6.07, 6.45) is 19.0. The molecule has 1 aromatic rings. The molecule has 0 aliphatic carbocycles. The molecule has 1 rings (SSSR count). The van der Waals surface area contributed by atoms with Gasteiger partial charge in [-0.2, -0.15) is 0 Å². The van der Waals surface area contributed by atoms with Crippen molar-refractivity contribution >= 4 is 0 Å². The molecular formula is C19H34N2. The topological polar surface area (TPSA) is 24.9 Å². The average Bonchev–Trinajstić information content (AvgIpc) is 2.53. The van der Waals surface area contributed by atoms with Gasteiger partial charge in [0.25, 0.3) is 0 Å². The number of hydrogen-bond acceptors (Lipinski definition) is 2. The first kappa shape index (κ1) is 18.2. The van der Waals surface area contributed by atoms with Gasteiger partial charge in [0, 0.05) is 12.4 Å². The zero-order chi connectivity index (χ0) is 15.0. The molecule has 0 saturated carbocycles. The molecule has 0 aliphatic rings. The highest BCUT2D eigenvalue weighted by Crippen LogP contribution is 2.10. The van der Waals surface area contributed by atoms with Crippen LogP contribution in [0.3, 0.4) is 0 Å². The molecule has 0 bridgehead atoms. The molecule has 0 aliphatic heterocycles. The molecule has 0 spiro atoms. The first-order valence-corrected chi connectivity index (χ1v) is 9.03. The van der Waals surface area contributed by atoms with Crippen molar-refractivity contribution in [3.63, 3.8) is 0 Å². The second kappa shape index (κ2) is 14.1. The normalized spacial score (nSPS) is 10.9. The first-order chi connectivity index (χ1) is 10.4. The van der Waals surface area contributed by atoms with Crippen LogP contribution in [0.5, 0.6) is 0 Å². The lowest BCUT2D eigenvalue weighted by molar-refractivity contribution is 0.544. The Morgan fingerprint density at radius 2 is 1.33 bits per heavy atom. The van der Waals surface area contributed by atoms with Crippen molar-refractivity contribution in [3.8, 4) is 0 Å². The second-order valence-electron chi connectivity index (χ2n) is 6.04. The van der Waals surface area contributed by atoms with E-state index in [2.05, 4.69) is 29.4 Å². The fraction of sp³-hybridized carbons (Fsp3) is 0.737. The van der Waals surface area contributed by atoms with E-state index < -0.39 is 0 Å². The minimum atomic E-state index is 1.08. The fourth-order valence-corrected chi connectivity index (χ4v) is 2.64. The summed E-state index contributed by atoms with van der Waals surface area (Å²) in [6, 6.07) is 4.20. The lowest BCUT2D eigenvalue weighted by Crippen LogP contribution is -2.18. The third kappa shape index (κ3) is 11.4. The van der Waals surface area contributed by atoms with Crippen molar-refractivity contribution in [1.82, 2.24) is 10.3 Å². The van der Waals surface area contributed by atoms with E-state index in [-0.39, 0.29) is 0 Å². The fourth-order valence-electron chi connectivity index (χ4n) is 2.64. The van der Waals surface area contributed by atoms with Crippen molar-refractivity contribution in [1.29, 1.82) is 0 Å². The SMILES string of the molecule is CCCCCCCCCCCCNCCc1ccncc1. The van der Waals surface area contributed by atoms with E-state index in [9.17, 15) is 0 Å². The second-order valence-corrected chi connectivity index (χ2v) is 6.04. The molecule has 0 aromatic carbocycles.